The van der Waals surface area contributed by atoms with E-state index in [9.17, 15) is 9.59 Å². The molecule has 29 heavy (non-hydrogen) atoms. The van der Waals surface area contributed by atoms with Crippen LogP contribution in [-0.4, -0.2) is 34.1 Å². The van der Waals surface area contributed by atoms with Crippen molar-refractivity contribution in [2.45, 2.75) is 25.4 Å². The number of carbonyl (C=O) groups excluding carboxylic acids is 2. The first-order chi connectivity index (χ1) is 14.0. The third-order valence-corrected chi connectivity index (χ3v) is 5.59. The van der Waals surface area contributed by atoms with E-state index in [2.05, 4.69) is 22.1 Å². The van der Waals surface area contributed by atoms with Crippen LogP contribution in [0, 0.1) is 13.8 Å². The maximum absolute atomic E-state index is 12.5. The van der Waals surface area contributed by atoms with Gasteiger partial charge in [0.25, 0.3) is 0 Å². The second-order valence-corrected chi connectivity index (χ2v) is 7.95. The summed E-state index contributed by atoms with van der Waals surface area (Å²) in [5, 5.41) is 0.531. The number of carbonyl (C=O) groups is 2. The molecular formula is C23H20N2O3S. The lowest BCUT2D eigenvalue weighted by Crippen LogP contribution is -2.16. The summed E-state index contributed by atoms with van der Waals surface area (Å²) in [6, 6.07) is 15.8. The number of hydrogen-bond donors (Lipinski definition) is 0. The topological polar surface area (TPSA) is 69.2 Å². The molecule has 1 aromatic heterocycles. The van der Waals surface area contributed by atoms with Gasteiger partial charge in [0.1, 0.15) is 0 Å². The molecule has 1 aliphatic rings. The van der Waals surface area contributed by atoms with Crippen molar-refractivity contribution in [1.29, 1.82) is 0 Å². The molecule has 0 atom stereocenters. The first-order valence-electron chi connectivity index (χ1n) is 9.35. The van der Waals surface area contributed by atoms with E-state index in [-0.39, 0.29) is 18.1 Å². The maximum atomic E-state index is 12.5. The summed E-state index contributed by atoms with van der Waals surface area (Å²) in [5.41, 5.74) is 6.98. The second-order valence-electron chi connectivity index (χ2n) is 7.01. The molecule has 5 nitrogen and oxygen atoms in total. The monoisotopic (exact) mass is 404 g/mol. The van der Waals surface area contributed by atoms with Crippen molar-refractivity contribution in [3.05, 3.63) is 76.6 Å². The molecule has 0 aliphatic heterocycles. The first-order valence-corrected chi connectivity index (χ1v) is 10.3. The Hall–Kier alpha value is -2.99. The third-order valence-electron chi connectivity index (χ3n) is 4.77. The highest BCUT2D eigenvalue weighted by Gasteiger charge is 2.20. The van der Waals surface area contributed by atoms with Gasteiger partial charge in [-0.2, -0.15) is 0 Å². The fraction of sp³-hybridized carbons (Fsp3) is 0.217. The quantitative estimate of drug-likeness (QED) is 0.208. The van der Waals surface area contributed by atoms with E-state index in [0.717, 1.165) is 23.4 Å². The van der Waals surface area contributed by atoms with Crippen LogP contribution in [0.1, 0.15) is 32.9 Å². The molecule has 1 aliphatic carbocycles. The van der Waals surface area contributed by atoms with Crippen LogP contribution in [0.5, 0.6) is 0 Å². The van der Waals surface area contributed by atoms with Gasteiger partial charge in [-0.25, -0.2) is 9.97 Å². The predicted molar refractivity (Wildman–Crippen MR) is 112 cm³/mol. The molecule has 0 fully saturated rings. The van der Waals surface area contributed by atoms with E-state index in [0.29, 0.717) is 10.7 Å². The highest BCUT2D eigenvalue weighted by molar-refractivity contribution is 7.99. The average Bonchev–Trinajstić information content (AvgIpc) is 3.07. The Kier molecular flexibility index (Phi) is 5.45. The SMILES string of the molecule is Cc1cc(C)nc(SCC(=O)OCC(=O)c2ccc3c(c2)-c2ccccc2C3)n1. The number of nitrogens with zero attached hydrogens (tertiary/aromatic N) is 2. The van der Waals surface area contributed by atoms with E-state index in [4.69, 9.17) is 4.74 Å². The Bertz CT molecular complexity index is 1090. The molecule has 6 heteroatoms. The fourth-order valence-corrected chi connectivity index (χ4v) is 4.20. The number of benzene rings is 2. The summed E-state index contributed by atoms with van der Waals surface area (Å²) in [6.45, 7) is 3.49. The molecule has 146 valence electrons. The van der Waals surface area contributed by atoms with Crippen LogP contribution < -0.4 is 0 Å². The number of ether oxygens (including phenoxy) is 1. The Morgan fingerprint density at radius 1 is 0.966 bits per heavy atom. The lowest BCUT2D eigenvalue weighted by atomic mass is 10.0. The minimum absolute atomic E-state index is 0.0632. The number of Topliss-reactive ketones (excluding diaryl/α,β-unsaturated/α-hetero) is 1. The average molecular weight is 404 g/mol. The Labute approximate surface area is 173 Å². The fourth-order valence-electron chi connectivity index (χ4n) is 3.45. The van der Waals surface area contributed by atoms with E-state index in [1.54, 1.807) is 6.07 Å². The van der Waals surface area contributed by atoms with Gasteiger partial charge >= 0.3 is 5.97 Å². The summed E-state index contributed by atoms with van der Waals surface area (Å²) in [4.78, 5) is 33.1. The summed E-state index contributed by atoms with van der Waals surface area (Å²) >= 11 is 1.20. The minimum atomic E-state index is -0.461. The van der Waals surface area contributed by atoms with Gasteiger partial charge in [0.05, 0.1) is 5.75 Å². The van der Waals surface area contributed by atoms with Crippen molar-refractivity contribution in [2.24, 2.45) is 0 Å². The maximum Gasteiger partial charge on any atom is 0.316 e. The number of fused-ring (bicyclic) bond motifs is 3. The Morgan fingerprint density at radius 3 is 2.48 bits per heavy atom. The number of ketones is 1. The molecular weight excluding hydrogens is 384 g/mol. The smallest absolute Gasteiger partial charge is 0.316 e. The lowest BCUT2D eigenvalue weighted by molar-refractivity contribution is -0.139. The molecule has 1 heterocycles. The summed E-state index contributed by atoms with van der Waals surface area (Å²) in [6.07, 6.45) is 0.882. The van der Waals surface area contributed by atoms with Crippen molar-refractivity contribution in [2.75, 3.05) is 12.4 Å². The summed E-state index contributed by atoms with van der Waals surface area (Å²) in [5.74, 6) is -0.607. The van der Waals surface area contributed by atoms with E-state index in [1.807, 2.05) is 44.2 Å². The van der Waals surface area contributed by atoms with Gasteiger partial charge in [0.15, 0.2) is 17.5 Å². The molecule has 2 aromatic carbocycles. The zero-order valence-electron chi connectivity index (χ0n) is 16.3. The van der Waals surface area contributed by atoms with Gasteiger partial charge in [-0.05, 0) is 54.7 Å². The molecule has 0 radical (unpaired) electrons. The third kappa shape index (κ3) is 4.38. The number of aryl methyl sites for hydroxylation is 2. The number of aromatic nitrogens is 2. The van der Waals surface area contributed by atoms with Gasteiger partial charge in [0.2, 0.25) is 0 Å². The van der Waals surface area contributed by atoms with Gasteiger partial charge in [0, 0.05) is 17.0 Å². The molecule has 0 bridgehead atoms. The largest absolute Gasteiger partial charge is 0.457 e. The summed E-state index contributed by atoms with van der Waals surface area (Å²) in [7, 11) is 0. The molecule has 0 saturated heterocycles. The summed E-state index contributed by atoms with van der Waals surface area (Å²) < 4.78 is 5.16. The standard InChI is InChI=1S/C23H20N2O3S/c1-14-9-15(2)25-23(24-14)29-13-22(27)28-12-21(26)18-8-7-17-10-16-5-3-4-6-19(16)20(17)11-18/h3-9,11H,10,12-13H2,1-2H3. The van der Waals surface area contributed by atoms with Gasteiger partial charge in [-0.3, -0.25) is 9.59 Å². The highest BCUT2D eigenvalue weighted by Crippen LogP contribution is 2.36. The van der Waals surface area contributed by atoms with Crippen molar-refractivity contribution in [3.8, 4) is 11.1 Å². The van der Waals surface area contributed by atoms with Crippen molar-refractivity contribution >= 4 is 23.5 Å². The number of rotatable bonds is 6. The van der Waals surface area contributed by atoms with E-state index in [1.165, 1.54) is 28.5 Å². The van der Waals surface area contributed by atoms with Gasteiger partial charge in [-0.15, -0.1) is 0 Å². The van der Waals surface area contributed by atoms with Crippen molar-refractivity contribution < 1.29 is 14.3 Å². The second kappa shape index (κ2) is 8.17. The Balaban J connectivity index is 1.35. The minimum Gasteiger partial charge on any atom is -0.457 e. The van der Waals surface area contributed by atoms with Gasteiger partial charge in [-0.1, -0.05) is 48.2 Å². The number of esters is 1. The van der Waals surface area contributed by atoms with Crippen LogP contribution >= 0.6 is 11.8 Å². The van der Waals surface area contributed by atoms with Crippen LogP contribution in [0.25, 0.3) is 11.1 Å². The van der Waals surface area contributed by atoms with Crippen molar-refractivity contribution in [1.82, 2.24) is 9.97 Å². The van der Waals surface area contributed by atoms with Crippen molar-refractivity contribution in [3.63, 3.8) is 0 Å². The predicted octanol–water partition coefficient (Wildman–Crippen LogP) is 4.18. The molecule has 4 rings (SSSR count). The molecule has 0 unspecified atom stereocenters. The highest BCUT2D eigenvalue weighted by atomic mass is 32.2. The number of thioether (sulfide) groups is 1. The van der Waals surface area contributed by atoms with Crippen LogP contribution in [0.3, 0.4) is 0 Å². The Morgan fingerprint density at radius 2 is 1.69 bits per heavy atom. The van der Waals surface area contributed by atoms with Crippen LogP contribution in [-0.2, 0) is 16.0 Å². The molecule has 0 N–H and O–H groups in total. The van der Waals surface area contributed by atoms with E-state index >= 15 is 0 Å². The molecule has 0 saturated carbocycles. The van der Waals surface area contributed by atoms with Crippen LogP contribution in [0.4, 0.5) is 0 Å². The zero-order valence-corrected chi connectivity index (χ0v) is 17.1. The molecule has 0 amide bonds. The van der Waals surface area contributed by atoms with Crippen LogP contribution in [0.15, 0.2) is 53.7 Å². The van der Waals surface area contributed by atoms with Crippen LogP contribution in [0.2, 0.25) is 0 Å². The first kappa shape index (κ1) is 19.3. The zero-order chi connectivity index (χ0) is 20.4. The molecule has 3 aromatic rings. The van der Waals surface area contributed by atoms with Gasteiger partial charge < -0.3 is 4.74 Å². The normalized spacial score (nSPS) is 11.7. The molecule has 0 spiro atoms. The lowest BCUT2D eigenvalue weighted by Gasteiger charge is -2.07. The number of hydrogen-bond acceptors (Lipinski definition) is 6. The van der Waals surface area contributed by atoms with E-state index < -0.39 is 5.97 Å².